The number of aryl methyl sites for hydroxylation is 1. The number of sulfone groups is 1. The summed E-state index contributed by atoms with van der Waals surface area (Å²) in [7, 11) is -4.14. The average Bonchev–Trinajstić information content (AvgIpc) is 2.48. The number of carbonyl (C=O) groups excluding carboxylic acids is 1. The fraction of sp³-hybridized carbons (Fsp3) is 0.200. The molecular formula is C15H13F3N2O3S. The Morgan fingerprint density at radius 3 is 2.25 bits per heavy atom. The first kappa shape index (κ1) is 17.9. The minimum Gasteiger partial charge on any atom is -0.325 e. The molecule has 0 spiro atoms. The summed E-state index contributed by atoms with van der Waals surface area (Å²) in [5.74, 6) is -1.72. The first-order valence-corrected chi connectivity index (χ1v) is 8.36. The molecule has 2 rings (SSSR count). The fourth-order valence-corrected chi connectivity index (χ4v) is 2.87. The number of hydrogen-bond acceptors (Lipinski definition) is 4. The summed E-state index contributed by atoms with van der Waals surface area (Å²) in [4.78, 5) is 15.1. The second-order valence-electron chi connectivity index (χ2n) is 5.06. The van der Waals surface area contributed by atoms with Gasteiger partial charge in [0, 0.05) is 11.9 Å². The third-order valence-corrected chi connectivity index (χ3v) is 4.56. The Bertz CT molecular complexity index is 830. The maximum absolute atomic E-state index is 12.4. The van der Waals surface area contributed by atoms with E-state index in [1.54, 1.807) is 24.3 Å². The van der Waals surface area contributed by atoms with Crippen LogP contribution in [-0.4, -0.2) is 25.1 Å². The molecule has 2 aromatic rings. The molecule has 1 aromatic carbocycles. The molecule has 5 nitrogen and oxygen atoms in total. The molecule has 1 heterocycles. The summed E-state index contributed by atoms with van der Waals surface area (Å²) in [6.45, 7) is 1.85. The van der Waals surface area contributed by atoms with Crippen molar-refractivity contribution in [3.8, 4) is 0 Å². The quantitative estimate of drug-likeness (QED) is 0.912. The maximum atomic E-state index is 12.4. The molecule has 0 saturated carbocycles. The zero-order chi connectivity index (χ0) is 18.0. The molecule has 1 N–H and O–H groups in total. The highest BCUT2D eigenvalue weighted by molar-refractivity contribution is 7.92. The van der Waals surface area contributed by atoms with Gasteiger partial charge < -0.3 is 5.32 Å². The van der Waals surface area contributed by atoms with Gasteiger partial charge >= 0.3 is 6.18 Å². The SMILES string of the molecule is Cc1ccc(NC(=O)CS(=O)(=O)c2ccc(C(F)(F)F)cn2)cc1. The highest BCUT2D eigenvalue weighted by Crippen LogP contribution is 2.28. The first-order valence-electron chi connectivity index (χ1n) is 6.70. The molecular weight excluding hydrogens is 345 g/mol. The number of amides is 1. The van der Waals surface area contributed by atoms with Crippen LogP contribution < -0.4 is 5.32 Å². The van der Waals surface area contributed by atoms with Crippen LogP contribution in [0.4, 0.5) is 18.9 Å². The molecule has 9 heteroatoms. The molecule has 0 aliphatic carbocycles. The minimum atomic E-state index is -4.61. The molecule has 1 amide bonds. The Morgan fingerprint density at radius 2 is 1.75 bits per heavy atom. The molecule has 0 bridgehead atoms. The molecule has 0 saturated heterocycles. The molecule has 128 valence electrons. The van der Waals surface area contributed by atoms with Crippen molar-refractivity contribution < 1.29 is 26.4 Å². The minimum absolute atomic E-state index is 0.418. The lowest BCUT2D eigenvalue weighted by molar-refractivity contribution is -0.137. The summed E-state index contributed by atoms with van der Waals surface area (Å²) in [5.41, 5.74) is 0.321. The number of benzene rings is 1. The molecule has 0 fully saturated rings. The van der Waals surface area contributed by atoms with Crippen LogP contribution in [0.25, 0.3) is 0 Å². The number of rotatable bonds is 4. The van der Waals surface area contributed by atoms with E-state index in [1.165, 1.54) is 0 Å². The molecule has 0 aliphatic rings. The molecule has 0 unspecified atom stereocenters. The second kappa shape index (κ2) is 6.60. The summed E-state index contributed by atoms with van der Waals surface area (Å²) >= 11 is 0. The monoisotopic (exact) mass is 358 g/mol. The average molecular weight is 358 g/mol. The van der Waals surface area contributed by atoms with E-state index >= 15 is 0 Å². The van der Waals surface area contributed by atoms with E-state index < -0.39 is 38.3 Å². The Morgan fingerprint density at radius 1 is 1.12 bits per heavy atom. The molecule has 1 aromatic heterocycles. The second-order valence-corrected chi connectivity index (χ2v) is 6.99. The maximum Gasteiger partial charge on any atom is 0.417 e. The Kier molecular flexibility index (Phi) is 4.93. The van der Waals surface area contributed by atoms with Gasteiger partial charge in [-0.2, -0.15) is 13.2 Å². The zero-order valence-corrected chi connectivity index (χ0v) is 13.3. The predicted molar refractivity (Wildman–Crippen MR) is 81.1 cm³/mol. The van der Waals surface area contributed by atoms with Crippen LogP contribution in [0.3, 0.4) is 0 Å². The van der Waals surface area contributed by atoms with Gasteiger partial charge in [0.2, 0.25) is 15.7 Å². The van der Waals surface area contributed by atoms with Crippen LogP contribution in [0, 0.1) is 6.92 Å². The van der Waals surface area contributed by atoms with Crippen LogP contribution in [-0.2, 0) is 20.8 Å². The van der Waals surface area contributed by atoms with Gasteiger partial charge in [0.15, 0.2) is 5.03 Å². The van der Waals surface area contributed by atoms with Crippen LogP contribution in [0.2, 0.25) is 0 Å². The van der Waals surface area contributed by atoms with Crippen molar-refractivity contribution in [2.45, 2.75) is 18.1 Å². The number of anilines is 1. The Labute approximate surface area is 136 Å². The number of carbonyl (C=O) groups is 1. The van der Waals surface area contributed by atoms with Gasteiger partial charge in [0.25, 0.3) is 0 Å². The largest absolute Gasteiger partial charge is 0.417 e. The van der Waals surface area contributed by atoms with E-state index in [1.807, 2.05) is 6.92 Å². The Hall–Kier alpha value is -2.42. The third-order valence-electron chi connectivity index (χ3n) is 3.04. The van der Waals surface area contributed by atoms with E-state index in [4.69, 9.17) is 0 Å². The van der Waals surface area contributed by atoms with E-state index in [2.05, 4.69) is 10.3 Å². The number of nitrogens with one attached hydrogen (secondary N) is 1. The number of nitrogens with zero attached hydrogens (tertiary/aromatic N) is 1. The van der Waals surface area contributed by atoms with E-state index in [9.17, 15) is 26.4 Å². The van der Waals surface area contributed by atoms with Crippen molar-refractivity contribution in [2.24, 2.45) is 0 Å². The van der Waals surface area contributed by atoms with Crippen molar-refractivity contribution in [1.82, 2.24) is 4.98 Å². The van der Waals surface area contributed by atoms with Crippen LogP contribution in [0.15, 0.2) is 47.6 Å². The summed E-state index contributed by atoms with van der Waals surface area (Å²) < 4.78 is 61.4. The van der Waals surface area contributed by atoms with Gasteiger partial charge in [-0.3, -0.25) is 4.79 Å². The van der Waals surface area contributed by atoms with Crippen molar-refractivity contribution in [3.05, 3.63) is 53.7 Å². The van der Waals surface area contributed by atoms with Gasteiger partial charge in [-0.1, -0.05) is 17.7 Å². The lowest BCUT2D eigenvalue weighted by Gasteiger charge is -2.08. The lowest BCUT2D eigenvalue weighted by Crippen LogP contribution is -2.23. The highest BCUT2D eigenvalue weighted by Gasteiger charge is 2.31. The number of halogens is 3. The zero-order valence-electron chi connectivity index (χ0n) is 12.5. The van der Waals surface area contributed by atoms with Crippen LogP contribution in [0.1, 0.15) is 11.1 Å². The number of pyridine rings is 1. The standard InChI is InChI=1S/C15H13F3N2O3S/c1-10-2-5-12(6-3-10)20-13(21)9-24(22,23)14-7-4-11(8-19-14)15(16,17)18/h2-8H,9H2,1H3,(H,20,21). The predicted octanol–water partition coefficient (Wildman–Crippen LogP) is 2.82. The third kappa shape index (κ3) is 4.54. The van der Waals surface area contributed by atoms with Gasteiger partial charge in [0.05, 0.1) is 5.56 Å². The number of aromatic nitrogens is 1. The molecule has 0 atom stereocenters. The lowest BCUT2D eigenvalue weighted by atomic mass is 10.2. The van der Waals surface area contributed by atoms with Gasteiger partial charge in [-0.25, -0.2) is 13.4 Å². The van der Waals surface area contributed by atoms with Crippen molar-refractivity contribution >= 4 is 21.4 Å². The highest BCUT2D eigenvalue weighted by atomic mass is 32.2. The van der Waals surface area contributed by atoms with E-state index in [0.717, 1.165) is 11.6 Å². The van der Waals surface area contributed by atoms with Crippen LogP contribution in [0.5, 0.6) is 0 Å². The summed E-state index contributed by atoms with van der Waals surface area (Å²) in [6.07, 6.45) is -4.19. The van der Waals surface area contributed by atoms with Crippen molar-refractivity contribution in [2.75, 3.05) is 11.1 Å². The first-order chi connectivity index (χ1) is 11.1. The van der Waals surface area contributed by atoms with Gasteiger partial charge in [-0.05, 0) is 31.2 Å². The molecule has 0 aliphatic heterocycles. The van der Waals surface area contributed by atoms with E-state index in [0.29, 0.717) is 18.0 Å². The smallest absolute Gasteiger partial charge is 0.325 e. The normalized spacial score (nSPS) is 12.0. The number of alkyl halides is 3. The van der Waals surface area contributed by atoms with Crippen molar-refractivity contribution in [3.63, 3.8) is 0 Å². The van der Waals surface area contributed by atoms with Crippen LogP contribution >= 0.6 is 0 Å². The summed E-state index contributed by atoms with van der Waals surface area (Å²) in [5, 5.41) is 1.82. The van der Waals surface area contributed by atoms with Gasteiger partial charge in [0.1, 0.15) is 5.75 Å². The Balaban J connectivity index is 2.10. The van der Waals surface area contributed by atoms with Crippen molar-refractivity contribution in [1.29, 1.82) is 0 Å². The molecule has 24 heavy (non-hydrogen) atoms. The summed E-state index contributed by atoms with van der Waals surface area (Å²) in [6, 6.07) is 8.03. The fourth-order valence-electron chi connectivity index (χ4n) is 1.81. The molecule has 0 radical (unpaired) electrons. The van der Waals surface area contributed by atoms with Gasteiger partial charge in [-0.15, -0.1) is 0 Å². The van der Waals surface area contributed by atoms with E-state index in [-0.39, 0.29) is 0 Å². The number of hydrogen-bond donors (Lipinski definition) is 1. The topological polar surface area (TPSA) is 76.1 Å².